The van der Waals surface area contributed by atoms with Crippen LogP contribution in [0, 0.1) is 0 Å². The van der Waals surface area contributed by atoms with E-state index in [0.717, 1.165) is 21.3 Å². The Morgan fingerprint density at radius 1 is 1.22 bits per heavy atom. The van der Waals surface area contributed by atoms with Crippen molar-refractivity contribution >= 4 is 27.9 Å². The van der Waals surface area contributed by atoms with Gasteiger partial charge in [0.2, 0.25) is 12.7 Å². The summed E-state index contributed by atoms with van der Waals surface area (Å²) in [7, 11) is 0. The first-order valence-electron chi connectivity index (χ1n) is 7.26. The van der Waals surface area contributed by atoms with Gasteiger partial charge >= 0.3 is 0 Å². The third-order valence-electron chi connectivity index (χ3n) is 3.55. The summed E-state index contributed by atoms with van der Waals surface area (Å²) < 4.78 is 11.6. The van der Waals surface area contributed by atoms with E-state index in [-0.39, 0.29) is 18.7 Å². The van der Waals surface area contributed by atoms with Crippen LogP contribution >= 0.6 is 15.9 Å². The smallest absolute Gasteiger partial charge is 0.244 e. The first-order chi connectivity index (χ1) is 11.1. The first-order valence-corrected chi connectivity index (χ1v) is 8.05. The van der Waals surface area contributed by atoms with Gasteiger partial charge in [-0.05, 0) is 42.3 Å². The van der Waals surface area contributed by atoms with Crippen LogP contribution in [-0.4, -0.2) is 12.7 Å². The molecule has 0 spiro atoms. The predicted molar refractivity (Wildman–Crippen MR) is 92.3 cm³/mol. The Kier molecular flexibility index (Phi) is 4.67. The van der Waals surface area contributed by atoms with Gasteiger partial charge in [0, 0.05) is 10.5 Å². The van der Waals surface area contributed by atoms with Crippen LogP contribution in [0.1, 0.15) is 24.1 Å². The van der Waals surface area contributed by atoms with Crippen LogP contribution in [0.3, 0.4) is 0 Å². The highest BCUT2D eigenvalue weighted by molar-refractivity contribution is 9.10. The van der Waals surface area contributed by atoms with Gasteiger partial charge in [0.05, 0.1) is 6.04 Å². The van der Waals surface area contributed by atoms with Gasteiger partial charge in [-0.25, -0.2) is 0 Å². The number of carbonyl (C=O) groups is 1. The lowest BCUT2D eigenvalue weighted by Gasteiger charge is -2.14. The number of carbonyl (C=O) groups excluding carboxylic acids is 1. The molecule has 5 heteroatoms. The summed E-state index contributed by atoms with van der Waals surface area (Å²) in [6.45, 7) is 2.19. The molecule has 0 aromatic heterocycles. The Bertz CT molecular complexity index is 758. The summed E-state index contributed by atoms with van der Waals surface area (Å²) in [5.74, 6) is 1.29. The van der Waals surface area contributed by atoms with Crippen LogP contribution in [0.5, 0.6) is 11.5 Å². The van der Waals surface area contributed by atoms with Gasteiger partial charge in [-0.1, -0.05) is 40.2 Å². The predicted octanol–water partition coefficient (Wildman–Crippen LogP) is 4.07. The molecule has 4 nitrogen and oxygen atoms in total. The van der Waals surface area contributed by atoms with Crippen molar-refractivity contribution in [1.82, 2.24) is 5.32 Å². The zero-order valence-electron chi connectivity index (χ0n) is 12.6. The Balaban J connectivity index is 1.64. The zero-order valence-corrected chi connectivity index (χ0v) is 14.2. The van der Waals surface area contributed by atoms with Crippen LogP contribution in [0.15, 0.2) is 53.0 Å². The number of ether oxygens (including phenoxy) is 2. The second-order valence-corrected chi connectivity index (χ2v) is 6.05. The van der Waals surface area contributed by atoms with Gasteiger partial charge < -0.3 is 14.8 Å². The van der Waals surface area contributed by atoms with Crippen molar-refractivity contribution < 1.29 is 14.3 Å². The highest BCUT2D eigenvalue weighted by atomic mass is 79.9. The van der Waals surface area contributed by atoms with Gasteiger partial charge in [-0.2, -0.15) is 0 Å². The average molecular weight is 374 g/mol. The molecule has 1 amide bonds. The number of hydrogen-bond donors (Lipinski definition) is 1. The molecule has 1 N–H and O–H groups in total. The normalized spacial score (nSPS) is 14.0. The van der Waals surface area contributed by atoms with Gasteiger partial charge in [0.1, 0.15) is 0 Å². The summed E-state index contributed by atoms with van der Waals surface area (Å²) in [6, 6.07) is 13.3. The fraction of sp³-hybridized carbons (Fsp3) is 0.167. The van der Waals surface area contributed by atoms with Gasteiger partial charge in [0.15, 0.2) is 11.5 Å². The molecule has 0 unspecified atom stereocenters. The standard InChI is InChI=1S/C18H16BrNO3/c1-12(14-4-2-3-5-15(14)19)20-18(21)9-7-13-6-8-16-17(10-13)23-11-22-16/h2-10,12H,11H2,1H3,(H,20,21)/b9-7+/t12-/m1/s1. The van der Waals surface area contributed by atoms with Crippen LogP contribution in [0.25, 0.3) is 6.08 Å². The van der Waals surface area contributed by atoms with E-state index < -0.39 is 0 Å². The number of rotatable bonds is 4. The SMILES string of the molecule is C[C@@H](NC(=O)/C=C/c1ccc2c(c1)OCO2)c1ccccc1Br. The number of amides is 1. The molecular formula is C18H16BrNO3. The Hall–Kier alpha value is -2.27. The van der Waals surface area contributed by atoms with Gasteiger partial charge in [0.25, 0.3) is 0 Å². The molecule has 23 heavy (non-hydrogen) atoms. The van der Waals surface area contributed by atoms with Crippen molar-refractivity contribution in [3.63, 3.8) is 0 Å². The minimum atomic E-state index is -0.147. The molecule has 0 aliphatic carbocycles. The molecule has 0 saturated carbocycles. The number of halogens is 1. The fourth-order valence-corrected chi connectivity index (χ4v) is 2.98. The lowest BCUT2D eigenvalue weighted by molar-refractivity contribution is -0.117. The number of fused-ring (bicyclic) bond motifs is 1. The molecule has 118 valence electrons. The molecular weight excluding hydrogens is 358 g/mol. The Labute approximate surface area is 143 Å². The van der Waals surface area contributed by atoms with Crippen LogP contribution in [-0.2, 0) is 4.79 Å². The van der Waals surface area contributed by atoms with Crippen LogP contribution in [0.2, 0.25) is 0 Å². The van der Waals surface area contributed by atoms with Crippen molar-refractivity contribution in [2.24, 2.45) is 0 Å². The lowest BCUT2D eigenvalue weighted by Crippen LogP contribution is -2.24. The van der Waals surface area contributed by atoms with E-state index in [0.29, 0.717) is 5.75 Å². The lowest BCUT2D eigenvalue weighted by atomic mass is 10.1. The Morgan fingerprint density at radius 3 is 2.83 bits per heavy atom. The Morgan fingerprint density at radius 2 is 2.00 bits per heavy atom. The molecule has 1 aliphatic rings. The average Bonchev–Trinajstić information content (AvgIpc) is 3.01. The minimum Gasteiger partial charge on any atom is -0.454 e. The number of hydrogen-bond acceptors (Lipinski definition) is 3. The van der Waals surface area contributed by atoms with E-state index in [9.17, 15) is 4.79 Å². The van der Waals surface area contributed by atoms with E-state index in [2.05, 4.69) is 21.2 Å². The topological polar surface area (TPSA) is 47.6 Å². The summed E-state index contributed by atoms with van der Waals surface area (Å²) in [5.41, 5.74) is 1.93. The highest BCUT2D eigenvalue weighted by Gasteiger charge is 2.13. The third-order valence-corrected chi connectivity index (χ3v) is 4.28. The van der Waals surface area contributed by atoms with Crippen molar-refractivity contribution in [2.45, 2.75) is 13.0 Å². The second-order valence-electron chi connectivity index (χ2n) is 5.20. The van der Waals surface area contributed by atoms with E-state index in [1.165, 1.54) is 6.08 Å². The molecule has 0 bridgehead atoms. The molecule has 0 radical (unpaired) electrons. The first kappa shape index (κ1) is 15.6. The maximum absolute atomic E-state index is 12.1. The highest BCUT2D eigenvalue weighted by Crippen LogP contribution is 2.32. The van der Waals surface area contributed by atoms with E-state index in [1.807, 2.05) is 49.4 Å². The zero-order chi connectivity index (χ0) is 16.2. The van der Waals surface area contributed by atoms with E-state index in [4.69, 9.17) is 9.47 Å². The van der Waals surface area contributed by atoms with Crippen molar-refractivity contribution in [2.75, 3.05) is 6.79 Å². The van der Waals surface area contributed by atoms with Gasteiger partial charge in [-0.3, -0.25) is 4.79 Å². The van der Waals surface area contributed by atoms with Gasteiger partial charge in [-0.15, -0.1) is 0 Å². The van der Waals surface area contributed by atoms with Crippen molar-refractivity contribution in [3.8, 4) is 11.5 Å². The molecule has 2 aromatic rings. The molecule has 3 rings (SSSR count). The fourth-order valence-electron chi connectivity index (χ4n) is 2.35. The molecule has 1 heterocycles. The summed E-state index contributed by atoms with van der Waals surface area (Å²) in [5, 5.41) is 2.95. The van der Waals surface area contributed by atoms with Crippen LogP contribution in [0.4, 0.5) is 0 Å². The van der Waals surface area contributed by atoms with Crippen LogP contribution < -0.4 is 14.8 Å². The maximum atomic E-state index is 12.1. The molecule has 1 atom stereocenters. The molecule has 2 aromatic carbocycles. The van der Waals surface area contributed by atoms with Crippen molar-refractivity contribution in [1.29, 1.82) is 0 Å². The third kappa shape index (κ3) is 3.74. The number of benzene rings is 2. The maximum Gasteiger partial charge on any atom is 0.244 e. The van der Waals surface area contributed by atoms with E-state index in [1.54, 1.807) is 6.08 Å². The quantitative estimate of drug-likeness (QED) is 0.821. The summed E-state index contributed by atoms with van der Waals surface area (Å²) >= 11 is 3.50. The van der Waals surface area contributed by atoms with E-state index >= 15 is 0 Å². The summed E-state index contributed by atoms with van der Waals surface area (Å²) in [4.78, 5) is 12.1. The second kappa shape index (κ2) is 6.87. The largest absolute Gasteiger partial charge is 0.454 e. The summed E-state index contributed by atoms with van der Waals surface area (Å²) in [6.07, 6.45) is 3.27. The van der Waals surface area contributed by atoms with Crippen molar-refractivity contribution in [3.05, 3.63) is 64.1 Å². The molecule has 1 aliphatic heterocycles. The minimum absolute atomic E-state index is 0.0838. The number of nitrogens with one attached hydrogen (secondary N) is 1. The molecule has 0 fully saturated rings. The molecule has 0 saturated heterocycles. The monoisotopic (exact) mass is 373 g/mol.